The first-order valence-electron chi connectivity index (χ1n) is 9.81. The van der Waals surface area contributed by atoms with E-state index in [-0.39, 0.29) is 18.4 Å². The molecule has 4 rings (SSSR count). The van der Waals surface area contributed by atoms with E-state index in [0.29, 0.717) is 17.7 Å². The van der Waals surface area contributed by atoms with Gasteiger partial charge in [0, 0.05) is 43.4 Å². The molecule has 2 aromatic rings. The van der Waals surface area contributed by atoms with E-state index in [0.717, 1.165) is 41.8 Å². The molecule has 1 atom stereocenters. The zero-order valence-corrected chi connectivity index (χ0v) is 17.1. The average Bonchev–Trinajstić information content (AvgIpc) is 2.96. The van der Waals surface area contributed by atoms with E-state index in [1.807, 2.05) is 18.2 Å². The van der Waals surface area contributed by atoms with Crippen LogP contribution in [0.2, 0.25) is 5.02 Å². The van der Waals surface area contributed by atoms with Crippen molar-refractivity contribution in [2.75, 3.05) is 44.2 Å². The molecule has 0 radical (unpaired) electrons. The van der Waals surface area contributed by atoms with Crippen LogP contribution in [0, 0.1) is 6.92 Å². The van der Waals surface area contributed by atoms with E-state index in [9.17, 15) is 14.7 Å². The van der Waals surface area contributed by atoms with E-state index in [1.54, 1.807) is 24.3 Å². The molecule has 0 bridgehead atoms. The van der Waals surface area contributed by atoms with Gasteiger partial charge in [-0.3, -0.25) is 19.4 Å². The molecule has 1 unspecified atom stereocenters. The third kappa shape index (κ3) is 4.01. The molecule has 0 aliphatic carbocycles. The van der Waals surface area contributed by atoms with Crippen molar-refractivity contribution in [3.05, 3.63) is 64.2 Å². The first kappa shape index (κ1) is 19.9. The summed E-state index contributed by atoms with van der Waals surface area (Å²) in [5.74, 6) is -0.656. The summed E-state index contributed by atoms with van der Waals surface area (Å²) in [7, 11) is 0. The molecule has 1 N–H and O–H groups in total. The lowest BCUT2D eigenvalue weighted by Crippen LogP contribution is -2.50. The van der Waals surface area contributed by atoms with Gasteiger partial charge in [0.05, 0.1) is 23.8 Å². The summed E-state index contributed by atoms with van der Waals surface area (Å²) >= 11 is 6.14. The third-order valence-corrected chi connectivity index (χ3v) is 5.86. The molecule has 0 saturated carbocycles. The first-order chi connectivity index (χ1) is 13.9. The van der Waals surface area contributed by atoms with Crippen molar-refractivity contribution in [2.45, 2.75) is 13.0 Å². The van der Waals surface area contributed by atoms with Crippen molar-refractivity contribution in [1.82, 2.24) is 9.80 Å². The standard InChI is InChI=1S/C22H24ClN3O3/c1-15-6-7-16(23)12-20(15)25-10-8-24(9-11-25)13-17(27)14-26-21(28)18-4-2-3-5-19(18)22(26)29/h2-7,12,17,27H,8-11,13-14H2,1H3. The molecule has 29 heavy (non-hydrogen) atoms. The number of hydrogen-bond acceptors (Lipinski definition) is 5. The lowest BCUT2D eigenvalue weighted by Gasteiger charge is -2.37. The molecule has 2 aliphatic rings. The zero-order chi connectivity index (χ0) is 20.5. The summed E-state index contributed by atoms with van der Waals surface area (Å²) < 4.78 is 0. The summed E-state index contributed by atoms with van der Waals surface area (Å²) in [5.41, 5.74) is 3.16. The molecule has 2 aliphatic heterocycles. The van der Waals surface area contributed by atoms with Gasteiger partial charge in [-0.15, -0.1) is 0 Å². The highest BCUT2D eigenvalue weighted by atomic mass is 35.5. The number of aliphatic hydroxyl groups excluding tert-OH is 1. The maximum atomic E-state index is 12.5. The second-order valence-corrected chi connectivity index (χ2v) is 8.08. The third-order valence-electron chi connectivity index (χ3n) is 5.62. The Labute approximate surface area is 175 Å². The van der Waals surface area contributed by atoms with Gasteiger partial charge in [-0.1, -0.05) is 29.8 Å². The molecular formula is C22H24ClN3O3. The molecule has 1 saturated heterocycles. The predicted molar refractivity (Wildman–Crippen MR) is 113 cm³/mol. The SMILES string of the molecule is Cc1ccc(Cl)cc1N1CCN(CC(O)CN2C(=O)c3ccccc3C2=O)CC1. The molecule has 7 heteroatoms. The number of halogens is 1. The Hall–Kier alpha value is -2.41. The van der Waals surface area contributed by atoms with Gasteiger partial charge in [-0.25, -0.2) is 0 Å². The average molecular weight is 414 g/mol. The molecule has 6 nitrogen and oxygen atoms in total. The highest BCUT2D eigenvalue weighted by Crippen LogP contribution is 2.26. The van der Waals surface area contributed by atoms with Gasteiger partial charge < -0.3 is 10.0 Å². The summed E-state index contributed by atoms with van der Waals surface area (Å²) in [5, 5.41) is 11.2. The van der Waals surface area contributed by atoms with Crippen LogP contribution in [0.3, 0.4) is 0 Å². The molecule has 2 aromatic carbocycles. The lowest BCUT2D eigenvalue weighted by molar-refractivity contribution is 0.0469. The maximum Gasteiger partial charge on any atom is 0.261 e. The van der Waals surface area contributed by atoms with Crippen molar-refractivity contribution < 1.29 is 14.7 Å². The molecular weight excluding hydrogens is 390 g/mol. The van der Waals surface area contributed by atoms with Crippen LogP contribution >= 0.6 is 11.6 Å². The van der Waals surface area contributed by atoms with Gasteiger partial charge in [-0.05, 0) is 36.8 Å². The van der Waals surface area contributed by atoms with Gasteiger partial charge in [0.2, 0.25) is 0 Å². The number of rotatable bonds is 5. The number of fused-ring (bicyclic) bond motifs is 1. The normalized spacial score (nSPS) is 18.3. The minimum atomic E-state index is -0.781. The van der Waals surface area contributed by atoms with Crippen molar-refractivity contribution in [2.24, 2.45) is 0 Å². The fourth-order valence-electron chi connectivity index (χ4n) is 4.07. The number of amides is 2. The van der Waals surface area contributed by atoms with Crippen molar-refractivity contribution in [1.29, 1.82) is 0 Å². The summed E-state index contributed by atoms with van der Waals surface area (Å²) in [4.78, 5) is 30.5. The Morgan fingerprint density at radius 1 is 0.966 bits per heavy atom. The van der Waals surface area contributed by atoms with Gasteiger partial charge in [0.1, 0.15) is 0 Å². The highest BCUT2D eigenvalue weighted by Gasteiger charge is 2.36. The quantitative estimate of drug-likeness (QED) is 0.763. The smallest absolute Gasteiger partial charge is 0.261 e. The van der Waals surface area contributed by atoms with E-state index in [2.05, 4.69) is 16.7 Å². The monoisotopic (exact) mass is 413 g/mol. The Balaban J connectivity index is 1.32. The Morgan fingerprint density at radius 2 is 1.59 bits per heavy atom. The lowest BCUT2D eigenvalue weighted by atomic mass is 10.1. The van der Waals surface area contributed by atoms with Crippen LogP contribution < -0.4 is 4.90 Å². The minimum absolute atomic E-state index is 0.0139. The number of piperazine rings is 1. The van der Waals surface area contributed by atoms with Crippen LogP contribution in [0.15, 0.2) is 42.5 Å². The highest BCUT2D eigenvalue weighted by molar-refractivity contribution is 6.30. The van der Waals surface area contributed by atoms with Crippen LogP contribution in [-0.4, -0.2) is 72.1 Å². The maximum absolute atomic E-state index is 12.5. The molecule has 152 valence electrons. The van der Waals surface area contributed by atoms with E-state index in [4.69, 9.17) is 11.6 Å². The number of hydrogen-bond donors (Lipinski definition) is 1. The van der Waals surface area contributed by atoms with Gasteiger partial charge in [-0.2, -0.15) is 0 Å². The Bertz CT molecular complexity index is 906. The van der Waals surface area contributed by atoms with Crippen LogP contribution in [-0.2, 0) is 0 Å². The van der Waals surface area contributed by atoms with Crippen LogP contribution in [0.5, 0.6) is 0 Å². The number of imide groups is 1. The number of aliphatic hydroxyl groups is 1. The number of benzene rings is 2. The van der Waals surface area contributed by atoms with Crippen LogP contribution in [0.4, 0.5) is 5.69 Å². The first-order valence-corrected chi connectivity index (χ1v) is 10.2. The summed E-state index contributed by atoms with van der Waals surface area (Å²) in [6.07, 6.45) is -0.781. The minimum Gasteiger partial charge on any atom is -0.390 e. The van der Waals surface area contributed by atoms with Crippen molar-refractivity contribution >= 4 is 29.1 Å². The molecule has 2 heterocycles. The molecule has 0 aromatic heterocycles. The van der Waals surface area contributed by atoms with Crippen LogP contribution in [0.25, 0.3) is 0 Å². The fraction of sp³-hybridized carbons (Fsp3) is 0.364. The topological polar surface area (TPSA) is 64.1 Å². The summed E-state index contributed by atoms with van der Waals surface area (Å²) in [6, 6.07) is 12.7. The molecule has 0 spiro atoms. The molecule has 1 fully saturated rings. The number of nitrogens with zero attached hydrogens (tertiary/aromatic N) is 3. The number of carbonyl (C=O) groups excluding carboxylic acids is 2. The number of β-amino-alcohol motifs (C(OH)–C–C–N with tert-alkyl or cyclic N) is 1. The molecule has 2 amide bonds. The largest absolute Gasteiger partial charge is 0.390 e. The Morgan fingerprint density at radius 3 is 2.21 bits per heavy atom. The van der Waals surface area contributed by atoms with Gasteiger partial charge in [0.15, 0.2) is 0 Å². The number of carbonyl (C=O) groups is 2. The van der Waals surface area contributed by atoms with Gasteiger partial charge >= 0.3 is 0 Å². The number of aryl methyl sites for hydroxylation is 1. The van der Waals surface area contributed by atoms with E-state index >= 15 is 0 Å². The van der Waals surface area contributed by atoms with Gasteiger partial charge in [0.25, 0.3) is 11.8 Å². The van der Waals surface area contributed by atoms with Crippen molar-refractivity contribution in [3.8, 4) is 0 Å². The predicted octanol–water partition coefficient (Wildman–Crippen LogP) is 2.43. The second-order valence-electron chi connectivity index (χ2n) is 7.64. The summed E-state index contributed by atoms with van der Waals surface area (Å²) in [6.45, 7) is 5.78. The van der Waals surface area contributed by atoms with E-state index in [1.165, 1.54) is 5.56 Å². The Kier molecular flexibility index (Phi) is 5.58. The second kappa shape index (κ2) is 8.14. The van der Waals surface area contributed by atoms with Crippen LogP contribution in [0.1, 0.15) is 26.3 Å². The van der Waals surface area contributed by atoms with Crippen molar-refractivity contribution in [3.63, 3.8) is 0 Å². The number of anilines is 1. The fourth-order valence-corrected chi connectivity index (χ4v) is 4.23. The zero-order valence-electron chi connectivity index (χ0n) is 16.3. The van der Waals surface area contributed by atoms with E-state index < -0.39 is 6.10 Å².